The fourth-order valence-electron chi connectivity index (χ4n) is 3.48. The third-order valence-corrected chi connectivity index (χ3v) is 5.48. The summed E-state index contributed by atoms with van der Waals surface area (Å²) in [7, 11) is 0. The van der Waals surface area contributed by atoms with Crippen molar-refractivity contribution < 1.29 is 13.9 Å². The zero-order valence-corrected chi connectivity index (χ0v) is 20.0. The van der Waals surface area contributed by atoms with Gasteiger partial charge in [0.05, 0.1) is 6.61 Å². The number of pyridine rings is 1. The average Bonchev–Trinajstić information content (AvgIpc) is 3.31. The van der Waals surface area contributed by atoms with Crippen LogP contribution in [-0.2, 0) is 13.0 Å². The van der Waals surface area contributed by atoms with Gasteiger partial charge in [0.15, 0.2) is 5.76 Å². The molecule has 6 heteroatoms. The van der Waals surface area contributed by atoms with E-state index in [1.807, 2.05) is 66.9 Å². The van der Waals surface area contributed by atoms with Gasteiger partial charge in [-0.25, -0.2) is 0 Å². The normalized spacial score (nSPS) is 10.9. The fourth-order valence-corrected chi connectivity index (χ4v) is 3.68. The first-order valence-corrected chi connectivity index (χ1v) is 11.6. The van der Waals surface area contributed by atoms with Gasteiger partial charge in [-0.15, -0.1) is 0 Å². The van der Waals surface area contributed by atoms with Crippen molar-refractivity contribution in [3.05, 3.63) is 107 Å². The number of rotatable bonds is 9. The standard InChI is InChI=1S/C28H27ClN2O3/c1-19(2)18-33-26-11-9-24(29)14-23(26)15-25-10-12-27(34-25)28(32)31-16-20-5-7-21(8-6-20)22-4-3-13-30-17-22/h3-14,17,19H,15-16,18H2,1-2H3,(H,31,32). The molecule has 0 spiro atoms. The molecule has 0 bridgehead atoms. The topological polar surface area (TPSA) is 64.4 Å². The van der Waals surface area contributed by atoms with Gasteiger partial charge < -0.3 is 14.5 Å². The largest absolute Gasteiger partial charge is 0.493 e. The number of amides is 1. The highest BCUT2D eigenvalue weighted by atomic mass is 35.5. The van der Waals surface area contributed by atoms with Gasteiger partial charge in [0.1, 0.15) is 11.5 Å². The molecular weight excluding hydrogens is 448 g/mol. The van der Waals surface area contributed by atoms with Gasteiger partial charge in [-0.2, -0.15) is 0 Å². The Hall–Kier alpha value is -3.57. The van der Waals surface area contributed by atoms with Crippen LogP contribution in [0.25, 0.3) is 11.1 Å². The van der Waals surface area contributed by atoms with E-state index in [1.165, 1.54) is 0 Å². The van der Waals surface area contributed by atoms with Crippen molar-refractivity contribution >= 4 is 17.5 Å². The molecule has 0 aliphatic rings. The lowest BCUT2D eigenvalue weighted by Gasteiger charge is -2.13. The summed E-state index contributed by atoms with van der Waals surface area (Å²) in [5.74, 6) is 1.87. The van der Waals surface area contributed by atoms with E-state index in [0.29, 0.717) is 36.3 Å². The molecule has 5 nitrogen and oxygen atoms in total. The predicted octanol–water partition coefficient (Wildman–Crippen LogP) is 6.55. The molecule has 174 valence electrons. The van der Waals surface area contributed by atoms with E-state index in [0.717, 1.165) is 28.0 Å². The number of furan rings is 1. The van der Waals surface area contributed by atoms with E-state index in [-0.39, 0.29) is 11.7 Å². The summed E-state index contributed by atoms with van der Waals surface area (Å²) < 4.78 is 11.7. The molecular formula is C28H27ClN2O3. The Bertz CT molecular complexity index is 1230. The molecule has 4 rings (SSSR count). The third kappa shape index (κ3) is 6.27. The summed E-state index contributed by atoms with van der Waals surface area (Å²) in [6, 6.07) is 21.0. The number of hydrogen-bond donors (Lipinski definition) is 1. The number of halogens is 1. The second kappa shape index (κ2) is 11.0. The monoisotopic (exact) mass is 474 g/mol. The van der Waals surface area contributed by atoms with Crippen molar-refractivity contribution in [2.24, 2.45) is 5.92 Å². The molecule has 4 aromatic rings. The van der Waals surface area contributed by atoms with Gasteiger partial charge in [0.25, 0.3) is 5.91 Å². The van der Waals surface area contributed by atoms with Crippen LogP contribution in [0.1, 0.15) is 41.3 Å². The summed E-state index contributed by atoms with van der Waals surface area (Å²) in [5.41, 5.74) is 4.05. The van der Waals surface area contributed by atoms with Gasteiger partial charge in [0.2, 0.25) is 0 Å². The van der Waals surface area contributed by atoms with Crippen LogP contribution in [0.4, 0.5) is 0 Å². The smallest absolute Gasteiger partial charge is 0.287 e. The van der Waals surface area contributed by atoms with Crippen LogP contribution in [0.5, 0.6) is 5.75 Å². The van der Waals surface area contributed by atoms with Gasteiger partial charge in [-0.1, -0.05) is 55.8 Å². The van der Waals surface area contributed by atoms with E-state index in [9.17, 15) is 4.79 Å². The molecule has 1 amide bonds. The molecule has 0 atom stereocenters. The lowest BCUT2D eigenvalue weighted by molar-refractivity contribution is 0.0921. The molecule has 0 radical (unpaired) electrons. The molecule has 2 heterocycles. The highest BCUT2D eigenvalue weighted by Crippen LogP contribution is 2.27. The second-order valence-corrected chi connectivity index (χ2v) is 8.96. The van der Waals surface area contributed by atoms with E-state index < -0.39 is 0 Å². The number of benzene rings is 2. The van der Waals surface area contributed by atoms with Crippen LogP contribution in [0, 0.1) is 5.92 Å². The number of carbonyl (C=O) groups excluding carboxylic acids is 1. The number of carbonyl (C=O) groups is 1. The van der Waals surface area contributed by atoms with Crippen LogP contribution in [0.15, 0.2) is 83.5 Å². The van der Waals surface area contributed by atoms with Gasteiger partial charge in [-0.3, -0.25) is 9.78 Å². The average molecular weight is 475 g/mol. The lowest BCUT2D eigenvalue weighted by Crippen LogP contribution is -2.22. The maximum Gasteiger partial charge on any atom is 0.287 e. The molecule has 0 aliphatic carbocycles. The highest BCUT2D eigenvalue weighted by Gasteiger charge is 2.14. The van der Waals surface area contributed by atoms with Crippen molar-refractivity contribution in [2.45, 2.75) is 26.8 Å². The van der Waals surface area contributed by atoms with Crippen LogP contribution in [0.3, 0.4) is 0 Å². The van der Waals surface area contributed by atoms with Crippen molar-refractivity contribution in [1.29, 1.82) is 0 Å². The number of nitrogens with zero attached hydrogens (tertiary/aromatic N) is 1. The fraction of sp³-hybridized carbons (Fsp3) is 0.214. The Morgan fingerprint density at radius 3 is 2.62 bits per heavy atom. The van der Waals surface area contributed by atoms with E-state index in [2.05, 4.69) is 24.1 Å². The highest BCUT2D eigenvalue weighted by molar-refractivity contribution is 6.30. The molecule has 0 aliphatic heterocycles. The summed E-state index contributed by atoms with van der Waals surface area (Å²) in [4.78, 5) is 16.8. The molecule has 0 saturated heterocycles. The Kier molecular flexibility index (Phi) is 7.65. The molecule has 0 unspecified atom stereocenters. The SMILES string of the molecule is CC(C)COc1ccc(Cl)cc1Cc1ccc(C(=O)NCc2ccc(-c3cccnc3)cc2)o1. The maximum atomic E-state index is 12.6. The minimum Gasteiger partial charge on any atom is -0.493 e. The van der Waals surface area contributed by atoms with Crippen molar-refractivity contribution in [3.8, 4) is 16.9 Å². The zero-order chi connectivity index (χ0) is 23.9. The zero-order valence-electron chi connectivity index (χ0n) is 19.3. The van der Waals surface area contributed by atoms with E-state index >= 15 is 0 Å². The molecule has 0 saturated carbocycles. The summed E-state index contributed by atoms with van der Waals surface area (Å²) in [6.07, 6.45) is 4.06. The molecule has 34 heavy (non-hydrogen) atoms. The van der Waals surface area contributed by atoms with Crippen molar-refractivity contribution in [2.75, 3.05) is 6.61 Å². The van der Waals surface area contributed by atoms with Crippen molar-refractivity contribution in [1.82, 2.24) is 10.3 Å². The maximum absolute atomic E-state index is 12.6. The van der Waals surface area contributed by atoms with Crippen LogP contribution >= 0.6 is 11.6 Å². The second-order valence-electron chi connectivity index (χ2n) is 8.52. The number of ether oxygens (including phenoxy) is 1. The minimum atomic E-state index is -0.259. The molecule has 2 aromatic heterocycles. The Morgan fingerprint density at radius 1 is 1.06 bits per heavy atom. The number of nitrogens with one attached hydrogen (secondary N) is 1. The predicted molar refractivity (Wildman–Crippen MR) is 134 cm³/mol. The van der Waals surface area contributed by atoms with Gasteiger partial charge >= 0.3 is 0 Å². The van der Waals surface area contributed by atoms with Crippen LogP contribution in [-0.4, -0.2) is 17.5 Å². The van der Waals surface area contributed by atoms with Gasteiger partial charge in [-0.05, 0) is 59.0 Å². The number of aromatic nitrogens is 1. The van der Waals surface area contributed by atoms with E-state index in [1.54, 1.807) is 12.3 Å². The van der Waals surface area contributed by atoms with E-state index in [4.69, 9.17) is 20.8 Å². The van der Waals surface area contributed by atoms with Crippen LogP contribution < -0.4 is 10.1 Å². The lowest BCUT2D eigenvalue weighted by atomic mass is 10.1. The summed E-state index contributed by atoms with van der Waals surface area (Å²) in [6.45, 7) is 5.22. The Morgan fingerprint density at radius 2 is 1.88 bits per heavy atom. The first kappa shape index (κ1) is 23.6. The molecule has 2 aromatic carbocycles. The van der Waals surface area contributed by atoms with Gasteiger partial charge in [0, 0.05) is 35.9 Å². The number of hydrogen-bond acceptors (Lipinski definition) is 4. The Labute approximate surface area is 204 Å². The minimum absolute atomic E-state index is 0.259. The molecule has 1 N–H and O–H groups in total. The molecule has 0 fully saturated rings. The summed E-state index contributed by atoms with van der Waals surface area (Å²) in [5, 5.41) is 3.54. The Balaban J connectivity index is 1.36. The summed E-state index contributed by atoms with van der Waals surface area (Å²) >= 11 is 6.19. The van der Waals surface area contributed by atoms with Crippen molar-refractivity contribution in [3.63, 3.8) is 0 Å². The third-order valence-electron chi connectivity index (χ3n) is 5.25. The quantitative estimate of drug-likeness (QED) is 0.298. The van der Waals surface area contributed by atoms with Crippen LogP contribution in [0.2, 0.25) is 5.02 Å². The first-order valence-electron chi connectivity index (χ1n) is 11.3. The first-order chi connectivity index (χ1) is 16.5.